The molecule has 2 aromatic rings. The van der Waals surface area contributed by atoms with Crippen LogP contribution >= 0.6 is 15.9 Å². The van der Waals surface area contributed by atoms with Crippen LogP contribution in [0.5, 0.6) is 0 Å². The highest BCUT2D eigenvalue weighted by atomic mass is 79.9. The summed E-state index contributed by atoms with van der Waals surface area (Å²) < 4.78 is 5.39. The average molecular weight is 676 g/mol. The van der Waals surface area contributed by atoms with Crippen LogP contribution in [0.2, 0.25) is 0 Å². The van der Waals surface area contributed by atoms with Crippen molar-refractivity contribution < 1.29 is 28.7 Å². The van der Waals surface area contributed by atoms with E-state index in [1.54, 1.807) is 35.4 Å². The van der Waals surface area contributed by atoms with Gasteiger partial charge in [-0.05, 0) is 66.2 Å². The Morgan fingerprint density at radius 3 is 2.68 bits per heavy atom. The number of rotatable bonds is 15. The fourth-order valence-electron chi connectivity index (χ4n) is 4.52. The Morgan fingerprint density at radius 2 is 1.93 bits per heavy atom. The van der Waals surface area contributed by atoms with Gasteiger partial charge in [-0.2, -0.15) is 4.98 Å². The van der Waals surface area contributed by atoms with Crippen molar-refractivity contribution >= 4 is 68.7 Å². The summed E-state index contributed by atoms with van der Waals surface area (Å²) in [5, 5.41) is 11.8. The van der Waals surface area contributed by atoms with Gasteiger partial charge in [0.05, 0.1) is 11.6 Å². The van der Waals surface area contributed by atoms with E-state index in [1.807, 2.05) is 0 Å². The number of likely N-dealkylation sites (tertiary alicyclic amines) is 1. The second-order valence-electron chi connectivity index (χ2n) is 10.5. The Morgan fingerprint density at radius 1 is 1.16 bits per heavy atom. The number of esters is 1. The number of ether oxygens (including phenoxy) is 1. The van der Waals surface area contributed by atoms with Crippen molar-refractivity contribution in [1.29, 1.82) is 0 Å². The molecule has 3 rings (SSSR count). The summed E-state index contributed by atoms with van der Waals surface area (Å²) in [6.45, 7) is 3.43. The van der Waals surface area contributed by atoms with Gasteiger partial charge in [0.15, 0.2) is 0 Å². The monoisotopic (exact) mass is 674 g/mol. The summed E-state index contributed by atoms with van der Waals surface area (Å²) in [6.07, 6.45) is 4.26. The number of aromatic nitrogens is 2. The van der Waals surface area contributed by atoms with Crippen LogP contribution in [0.1, 0.15) is 45.4 Å². The zero-order valence-corrected chi connectivity index (χ0v) is 26.4. The normalized spacial score (nSPS) is 15.1. The van der Waals surface area contributed by atoms with Gasteiger partial charge in [0, 0.05) is 63.0 Å². The largest absolute Gasteiger partial charge is 0.469 e. The van der Waals surface area contributed by atoms with Crippen molar-refractivity contribution in [3.8, 4) is 0 Å². The molecular formula is C29H39BrN8O6. The minimum Gasteiger partial charge on any atom is -0.469 e. The van der Waals surface area contributed by atoms with Gasteiger partial charge in [-0.25, -0.2) is 4.98 Å². The molecule has 6 N–H and O–H groups in total. The van der Waals surface area contributed by atoms with Crippen LogP contribution in [0.25, 0.3) is 0 Å². The number of hydrogen-bond donors (Lipinski definition) is 5. The van der Waals surface area contributed by atoms with Gasteiger partial charge in [-0.1, -0.05) is 6.07 Å². The number of anilines is 4. The third kappa shape index (κ3) is 11.1. The standard InChI is InChI=1S/C29H39BrN8O6/c1-18(26(31)42)28(43)33-12-5-11-32-27-22(30)16-34-29(37-27)36-21-8-3-7-20(15-21)35-23(39)9-10-24(40)38-13-4-6-19(17-38)14-25(41)44-2/h3,7-8,15-16,18-19H,4-6,9-14,17H2,1-2H3,(H2,31,42)(H,33,43)(H,35,39)(H2,32,34,36,37). The van der Waals surface area contributed by atoms with Crippen LogP contribution in [0, 0.1) is 11.8 Å². The number of nitrogens with one attached hydrogen (secondary N) is 4. The van der Waals surface area contributed by atoms with Crippen molar-refractivity contribution in [2.75, 3.05) is 49.2 Å². The Balaban J connectivity index is 1.45. The summed E-state index contributed by atoms with van der Waals surface area (Å²) in [4.78, 5) is 70.3. The molecule has 44 heavy (non-hydrogen) atoms. The molecular weight excluding hydrogens is 636 g/mol. The third-order valence-corrected chi connectivity index (χ3v) is 7.61. The second kappa shape index (κ2) is 17.1. The van der Waals surface area contributed by atoms with Gasteiger partial charge in [-0.15, -0.1) is 0 Å². The first kappa shape index (κ1) is 34.2. The number of benzene rings is 1. The summed E-state index contributed by atoms with van der Waals surface area (Å²) in [5.41, 5.74) is 6.33. The van der Waals surface area contributed by atoms with E-state index >= 15 is 0 Å². The molecule has 1 aromatic carbocycles. The molecule has 1 fully saturated rings. The van der Waals surface area contributed by atoms with Gasteiger partial charge < -0.3 is 36.6 Å². The summed E-state index contributed by atoms with van der Waals surface area (Å²) in [6, 6.07) is 7.04. The predicted molar refractivity (Wildman–Crippen MR) is 168 cm³/mol. The lowest BCUT2D eigenvalue weighted by Crippen LogP contribution is -2.40. The van der Waals surface area contributed by atoms with Gasteiger partial charge in [-0.3, -0.25) is 24.0 Å². The number of carbonyl (C=O) groups is 5. The molecule has 4 amide bonds. The maximum absolute atomic E-state index is 12.7. The van der Waals surface area contributed by atoms with Crippen LogP contribution in [0.3, 0.4) is 0 Å². The molecule has 0 spiro atoms. The molecule has 0 aliphatic carbocycles. The molecule has 0 bridgehead atoms. The first-order valence-electron chi connectivity index (χ1n) is 14.4. The minimum absolute atomic E-state index is 0.0351. The molecule has 1 aliphatic heterocycles. The average Bonchev–Trinajstić information content (AvgIpc) is 3.00. The number of methoxy groups -OCH3 is 1. The van der Waals surface area contributed by atoms with Gasteiger partial charge in [0.1, 0.15) is 11.7 Å². The highest BCUT2D eigenvalue weighted by Gasteiger charge is 2.26. The number of carbonyl (C=O) groups excluding carboxylic acids is 5. The molecule has 0 saturated carbocycles. The Kier molecular flexibility index (Phi) is 13.3. The Hall–Kier alpha value is -4.27. The number of piperidine rings is 1. The third-order valence-electron chi connectivity index (χ3n) is 7.03. The smallest absolute Gasteiger partial charge is 0.305 e. The van der Waals surface area contributed by atoms with Crippen molar-refractivity contribution in [1.82, 2.24) is 20.2 Å². The fraction of sp³-hybridized carbons (Fsp3) is 0.483. The molecule has 2 unspecified atom stereocenters. The SMILES string of the molecule is COC(=O)CC1CCCN(C(=O)CCC(=O)Nc2cccc(Nc3ncc(Br)c(NCCCNC(=O)C(C)C(N)=O)n3)c2)C1. The first-order chi connectivity index (χ1) is 21.0. The molecule has 2 heterocycles. The van der Waals surface area contributed by atoms with Crippen molar-refractivity contribution in [2.45, 2.75) is 45.4 Å². The van der Waals surface area contributed by atoms with Crippen LogP contribution in [0.4, 0.5) is 23.1 Å². The molecule has 2 atom stereocenters. The van der Waals surface area contributed by atoms with Crippen LogP contribution in [-0.4, -0.2) is 77.8 Å². The van der Waals surface area contributed by atoms with E-state index in [0.717, 1.165) is 12.8 Å². The van der Waals surface area contributed by atoms with E-state index < -0.39 is 17.7 Å². The second-order valence-corrected chi connectivity index (χ2v) is 11.3. The van der Waals surface area contributed by atoms with Crippen molar-refractivity contribution in [2.24, 2.45) is 17.6 Å². The Labute approximate surface area is 264 Å². The van der Waals surface area contributed by atoms with Gasteiger partial charge in [0.2, 0.25) is 29.6 Å². The van der Waals surface area contributed by atoms with E-state index in [9.17, 15) is 24.0 Å². The molecule has 1 saturated heterocycles. The topological polar surface area (TPSA) is 198 Å². The summed E-state index contributed by atoms with van der Waals surface area (Å²) in [7, 11) is 1.36. The fourth-order valence-corrected chi connectivity index (χ4v) is 4.85. The van der Waals surface area contributed by atoms with Gasteiger partial charge >= 0.3 is 5.97 Å². The minimum atomic E-state index is -0.886. The van der Waals surface area contributed by atoms with Crippen LogP contribution in [0.15, 0.2) is 34.9 Å². The number of halogens is 1. The lowest BCUT2D eigenvalue weighted by Gasteiger charge is -2.32. The highest BCUT2D eigenvalue weighted by Crippen LogP contribution is 2.24. The molecule has 238 valence electrons. The molecule has 1 aliphatic rings. The number of primary amides is 1. The van der Waals surface area contributed by atoms with Gasteiger partial charge in [0.25, 0.3) is 0 Å². The zero-order chi connectivity index (χ0) is 32.1. The maximum Gasteiger partial charge on any atom is 0.305 e. The maximum atomic E-state index is 12.7. The van der Waals surface area contributed by atoms with Crippen LogP contribution < -0.4 is 27.0 Å². The number of nitrogens with two attached hydrogens (primary N) is 1. The van der Waals surface area contributed by atoms with E-state index in [2.05, 4.69) is 47.2 Å². The van der Waals surface area contributed by atoms with E-state index in [-0.39, 0.29) is 43.0 Å². The summed E-state index contributed by atoms with van der Waals surface area (Å²) >= 11 is 3.42. The van der Waals surface area contributed by atoms with Crippen molar-refractivity contribution in [3.63, 3.8) is 0 Å². The highest BCUT2D eigenvalue weighted by molar-refractivity contribution is 9.10. The molecule has 0 radical (unpaired) electrons. The van der Waals surface area contributed by atoms with E-state index in [4.69, 9.17) is 10.5 Å². The molecule has 14 nitrogen and oxygen atoms in total. The zero-order valence-electron chi connectivity index (χ0n) is 24.9. The lowest BCUT2D eigenvalue weighted by molar-refractivity contribution is -0.143. The number of nitrogens with zero attached hydrogens (tertiary/aromatic N) is 3. The molecule has 1 aromatic heterocycles. The lowest BCUT2D eigenvalue weighted by atomic mass is 9.94. The Bertz CT molecular complexity index is 1340. The van der Waals surface area contributed by atoms with E-state index in [0.29, 0.717) is 60.2 Å². The summed E-state index contributed by atoms with van der Waals surface area (Å²) in [5.74, 6) is -1.71. The van der Waals surface area contributed by atoms with Crippen molar-refractivity contribution in [3.05, 3.63) is 34.9 Å². The van der Waals surface area contributed by atoms with E-state index in [1.165, 1.54) is 14.0 Å². The number of amides is 4. The van der Waals surface area contributed by atoms with Crippen LogP contribution in [-0.2, 0) is 28.7 Å². The predicted octanol–water partition coefficient (Wildman–Crippen LogP) is 2.54. The quantitative estimate of drug-likeness (QED) is 0.106. The number of hydrogen-bond acceptors (Lipinski definition) is 10. The molecule has 15 heteroatoms. The first-order valence-corrected chi connectivity index (χ1v) is 15.2.